The third-order valence-electron chi connectivity index (χ3n) is 2.92. The molecule has 0 radical (unpaired) electrons. The predicted molar refractivity (Wildman–Crippen MR) is 67.3 cm³/mol. The summed E-state index contributed by atoms with van der Waals surface area (Å²) in [5.41, 5.74) is 1.65. The lowest BCUT2D eigenvalue weighted by atomic mass is 9.82. The zero-order valence-electron chi connectivity index (χ0n) is 9.73. The Hall–Kier alpha value is -0.630. The van der Waals surface area contributed by atoms with Crippen LogP contribution >= 0.6 is 15.9 Å². The van der Waals surface area contributed by atoms with E-state index in [4.69, 9.17) is 0 Å². The summed E-state index contributed by atoms with van der Waals surface area (Å²) >= 11 is 3.43. The Morgan fingerprint density at radius 3 is 2.47 bits per heavy atom. The van der Waals surface area contributed by atoms with Crippen LogP contribution in [0.5, 0.6) is 0 Å². The van der Waals surface area contributed by atoms with E-state index in [1.165, 1.54) is 0 Å². The van der Waals surface area contributed by atoms with Crippen LogP contribution in [0.4, 0.5) is 0 Å². The lowest BCUT2D eigenvalue weighted by Gasteiger charge is -2.21. The molecule has 0 aliphatic heterocycles. The minimum absolute atomic E-state index is 0.223. The molecule has 1 nitrogen and oxygen atoms in total. The van der Waals surface area contributed by atoms with Gasteiger partial charge in [-0.1, -0.05) is 42.8 Å². The van der Waals surface area contributed by atoms with Crippen molar-refractivity contribution in [3.8, 4) is 0 Å². The van der Waals surface area contributed by atoms with Crippen LogP contribution in [0.3, 0.4) is 0 Å². The molecule has 1 rings (SSSR count). The number of Topliss-reactive ketones (excluding diaryl/α,β-unsaturated/α-hetero) is 1. The molecule has 0 aliphatic rings. The Labute approximate surface area is 100 Å². The van der Waals surface area contributed by atoms with Gasteiger partial charge in [-0.25, -0.2) is 0 Å². The van der Waals surface area contributed by atoms with Crippen LogP contribution in [0.2, 0.25) is 0 Å². The maximum Gasteiger partial charge on any atom is 0.168 e. The van der Waals surface area contributed by atoms with Crippen LogP contribution in [0.15, 0.2) is 22.7 Å². The normalized spacial score (nSPS) is 11.5. The summed E-state index contributed by atoms with van der Waals surface area (Å²) in [7, 11) is 0. The zero-order valence-corrected chi connectivity index (χ0v) is 11.3. The van der Waals surface area contributed by atoms with E-state index in [0.29, 0.717) is 0 Å². The molecule has 0 saturated carbocycles. The minimum Gasteiger partial charge on any atom is -0.294 e. The molecule has 0 spiro atoms. The van der Waals surface area contributed by atoms with Crippen LogP contribution in [0, 0.1) is 12.3 Å². The topological polar surface area (TPSA) is 17.1 Å². The molecular weight excluding hydrogens is 252 g/mol. The third kappa shape index (κ3) is 2.69. The van der Waals surface area contributed by atoms with Gasteiger partial charge < -0.3 is 0 Å². The van der Waals surface area contributed by atoms with E-state index in [1.807, 2.05) is 45.9 Å². The highest BCUT2D eigenvalue weighted by molar-refractivity contribution is 9.10. The largest absolute Gasteiger partial charge is 0.294 e. The number of carbonyl (C=O) groups is 1. The van der Waals surface area contributed by atoms with E-state index >= 15 is 0 Å². The first-order chi connectivity index (χ1) is 6.88. The van der Waals surface area contributed by atoms with Gasteiger partial charge in [-0.15, -0.1) is 0 Å². The average Bonchev–Trinajstić information content (AvgIpc) is 2.21. The second-order valence-electron chi connectivity index (χ2n) is 4.53. The summed E-state index contributed by atoms with van der Waals surface area (Å²) in [5, 5.41) is 0. The average molecular weight is 269 g/mol. The first kappa shape index (κ1) is 12.4. The van der Waals surface area contributed by atoms with Crippen molar-refractivity contribution < 1.29 is 4.79 Å². The Morgan fingerprint density at radius 1 is 1.40 bits per heavy atom. The molecule has 0 saturated heterocycles. The van der Waals surface area contributed by atoms with Gasteiger partial charge in [0.2, 0.25) is 0 Å². The van der Waals surface area contributed by atoms with Gasteiger partial charge in [-0.3, -0.25) is 4.79 Å². The number of rotatable bonds is 3. The number of hydrogen-bond donors (Lipinski definition) is 0. The van der Waals surface area contributed by atoms with Crippen molar-refractivity contribution in [3.05, 3.63) is 33.8 Å². The Balaban J connectivity index is 3.08. The van der Waals surface area contributed by atoms with Crippen LogP contribution < -0.4 is 0 Å². The van der Waals surface area contributed by atoms with Gasteiger partial charge in [-0.05, 0) is 31.0 Å². The van der Waals surface area contributed by atoms with Crippen molar-refractivity contribution in [1.82, 2.24) is 0 Å². The molecule has 0 aliphatic carbocycles. The number of ketones is 1. The molecule has 0 unspecified atom stereocenters. The molecule has 1 aromatic rings. The molecule has 0 fully saturated rings. The summed E-state index contributed by atoms with van der Waals surface area (Å²) < 4.78 is 1.05. The third-order valence-corrected chi connectivity index (χ3v) is 3.81. The van der Waals surface area contributed by atoms with Gasteiger partial charge in [0.15, 0.2) is 5.78 Å². The molecule has 0 bridgehead atoms. The van der Waals surface area contributed by atoms with Crippen LogP contribution in [-0.4, -0.2) is 5.78 Å². The van der Waals surface area contributed by atoms with E-state index in [-0.39, 0.29) is 11.2 Å². The van der Waals surface area contributed by atoms with Crippen LogP contribution in [0.1, 0.15) is 43.1 Å². The zero-order chi connectivity index (χ0) is 11.6. The maximum atomic E-state index is 12.1. The van der Waals surface area contributed by atoms with Crippen molar-refractivity contribution in [2.45, 2.75) is 34.1 Å². The summed E-state index contributed by atoms with van der Waals surface area (Å²) in [6.45, 7) is 8.03. The second-order valence-corrected chi connectivity index (χ2v) is 5.38. The van der Waals surface area contributed by atoms with E-state index in [9.17, 15) is 4.79 Å². The fraction of sp³-hybridized carbons (Fsp3) is 0.462. The first-order valence-corrected chi connectivity index (χ1v) is 5.98. The predicted octanol–water partition coefficient (Wildman–Crippen LogP) is 4.38. The van der Waals surface area contributed by atoms with Gasteiger partial charge in [0.25, 0.3) is 0 Å². The fourth-order valence-corrected chi connectivity index (χ4v) is 1.58. The summed E-state index contributed by atoms with van der Waals surface area (Å²) in [6.07, 6.45) is 0.862. The van der Waals surface area contributed by atoms with E-state index in [2.05, 4.69) is 15.9 Å². The second kappa shape index (κ2) is 4.48. The molecule has 0 amide bonds. The standard InChI is InChI=1S/C13H17BrO/c1-5-13(3,4)12(15)10-6-7-11(14)9(2)8-10/h6-8H,5H2,1-4H3. The number of carbonyl (C=O) groups excluding carboxylic acids is 1. The number of halogens is 1. The molecule has 82 valence electrons. The monoisotopic (exact) mass is 268 g/mol. The smallest absolute Gasteiger partial charge is 0.168 e. The highest BCUT2D eigenvalue weighted by Gasteiger charge is 2.26. The SMILES string of the molecule is CCC(C)(C)C(=O)c1ccc(Br)c(C)c1. The highest BCUT2D eigenvalue weighted by Crippen LogP contribution is 2.27. The maximum absolute atomic E-state index is 12.1. The Bertz CT molecular complexity index is 380. The van der Waals surface area contributed by atoms with Crippen molar-refractivity contribution in [2.24, 2.45) is 5.41 Å². The number of hydrogen-bond acceptors (Lipinski definition) is 1. The van der Waals surface area contributed by atoms with Crippen molar-refractivity contribution in [2.75, 3.05) is 0 Å². The van der Waals surface area contributed by atoms with E-state index in [0.717, 1.165) is 22.0 Å². The molecule has 1 aromatic carbocycles. The quantitative estimate of drug-likeness (QED) is 0.744. The molecular formula is C13H17BrO. The van der Waals surface area contributed by atoms with Gasteiger partial charge in [0.1, 0.15) is 0 Å². The summed E-state index contributed by atoms with van der Waals surface area (Å²) in [4.78, 5) is 12.1. The van der Waals surface area contributed by atoms with Crippen molar-refractivity contribution >= 4 is 21.7 Å². The van der Waals surface area contributed by atoms with Gasteiger partial charge >= 0.3 is 0 Å². The molecule has 0 aromatic heterocycles. The lowest BCUT2D eigenvalue weighted by molar-refractivity contribution is 0.0833. The van der Waals surface area contributed by atoms with E-state index in [1.54, 1.807) is 0 Å². The van der Waals surface area contributed by atoms with Gasteiger partial charge in [0.05, 0.1) is 0 Å². The van der Waals surface area contributed by atoms with Crippen molar-refractivity contribution in [1.29, 1.82) is 0 Å². The Morgan fingerprint density at radius 2 is 2.00 bits per heavy atom. The fourth-order valence-electron chi connectivity index (χ4n) is 1.34. The summed E-state index contributed by atoms with van der Waals surface area (Å²) in [6, 6.07) is 5.77. The minimum atomic E-state index is -0.264. The van der Waals surface area contributed by atoms with Crippen LogP contribution in [0.25, 0.3) is 0 Å². The number of aryl methyl sites for hydroxylation is 1. The summed E-state index contributed by atoms with van der Waals surface area (Å²) in [5.74, 6) is 0.223. The van der Waals surface area contributed by atoms with Gasteiger partial charge in [-0.2, -0.15) is 0 Å². The number of benzene rings is 1. The molecule has 0 N–H and O–H groups in total. The van der Waals surface area contributed by atoms with Crippen LogP contribution in [-0.2, 0) is 0 Å². The Kier molecular flexibility index (Phi) is 3.72. The first-order valence-electron chi connectivity index (χ1n) is 5.19. The van der Waals surface area contributed by atoms with E-state index < -0.39 is 0 Å². The van der Waals surface area contributed by atoms with Crippen molar-refractivity contribution in [3.63, 3.8) is 0 Å². The molecule has 2 heteroatoms. The molecule has 0 atom stereocenters. The van der Waals surface area contributed by atoms with Gasteiger partial charge in [0, 0.05) is 15.5 Å². The molecule has 0 heterocycles. The highest BCUT2D eigenvalue weighted by atomic mass is 79.9. The lowest BCUT2D eigenvalue weighted by Crippen LogP contribution is -2.23. The molecule has 15 heavy (non-hydrogen) atoms.